The van der Waals surface area contributed by atoms with Gasteiger partial charge in [-0.25, -0.2) is 0 Å². The smallest absolute Gasteiger partial charge is 0.225 e. The Balaban J connectivity index is 2.59. The Morgan fingerprint density at radius 1 is 1.42 bits per heavy atom. The molecule has 1 amide bonds. The van der Waals surface area contributed by atoms with Crippen molar-refractivity contribution in [1.82, 2.24) is 5.32 Å². The van der Waals surface area contributed by atoms with Crippen molar-refractivity contribution in [2.45, 2.75) is 46.6 Å². The van der Waals surface area contributed by atoms with Gasteiger partial charge < -0.3 is 10.4 Å². The monoisotopic (exact) mass is 283 g/mol. The Morgan fingerprint density at radius 2 is 2.05 bits per heavy atom. The number of aliphatic hydroxyl groups is 1. The standard InChI is InChI=1S/C15H25NO2S/c1-11(2)8-14(3,4)13(17)16-10-15(5,18)12-6-7-19-9-12/h6-7,9,11,18H,8,10H2,1-5H3,(H,16,17). The van der Waals surface area contributed by atoms with Gasteiger partial charge in [0.1, 0.15) is 5.60 Å². The molecular weight excluding hydrogens is 258 g/mol. The lowest BCUT2D eigenvalue weighted by Gasteiger charge is -2.29. The molecule has 1 atom stereocenters. The summed E-state index contributed by atoms with van der Waals surface area (Å²) in [5.74, 6) is 0.467. The Hall–Kier alpha value is -0.870. The second-order valence-electron chi connectivity index (χ2n) is 6.45. The molecule has 0 fully saturated rings. The third-order valence-corrected chi connectivity index (χ3v) is 3.95. The molecule has 1 rings (SSSR count). The van der Waals surface area contributed by atoms with Crippen LogP contribution in [0.1, 0.15) is 46.6 Å². The van der Waals surface area contributed by atoms with Crippen LogP contribution in [0.2, 0.25) is 0 Å². The van der Waals surface area contributed by atoms with E-state index in [0.29, 0.717) is 5.92 Å². The summed E-state index contributed by atoms with van der Waals surface area (Å²) in [6, 6.07) is 1.89. The average molecular weight is 283 g/mol. The van der Waals surface area contributed by atoms with Gasteiger partial charge in [-0.3, -0.25) is 4.79 Å². The normalized spacial score (nSPS) is 15.3. The summed E-state index contributed by atoms with van der Waals surface area (Å²) in [6.07, 6.45) is 0.833. The Kier molecular flexibility index (Phi) is 5.16. The largest absolute Gasteiger partial charge is 0.384 e. The fourth-order valence-corrected chi connectivity index (χ4v) is 3.06. The molecule has 0 saturated carbocycles. The fraction of sp³-hybridized carbons (Fsp3) is 0.667. The molecule has 2 N–H and O–H groups in total. The van der Waals surface area contributed by atoms with Crippen molar-refractivity contribution in [3.05, 3.63) is 22.4 Å². The maximum Gasteiger partial charge on any atom is 0.225 e. The van der Waals surface area contributed by atoms with E-state index in [2.05, 4.69) is 19.2 Å². The molecule has 1 aromatic rings. The number of thiophene rings is 1. The molecule has 108 valence electrons. The molecule has 0 spiro atoms. The highest BCUT2D eigenvalue weighted by Gasteiger charge is 2.31. The molecular formula is C15H25NO2S. The van der Waals surface area contributed by atoms with E-state index in [0.717, 1.165) is 12.0 Å². The van der Waals surface area contributed by atoms with Crippen molar-refractivity contribution in [2.75, 3.05) is 6.54 Å². The Labute approximate surface area is 120 Å². The highest BCUT2D eigenvalue weighted by atomic mass is 32.1. The first-order valence-corrected chi connectivity index (χ1v) is 7.63. The molecule has 0 aliphatic carbocycles. The number of amides is 1. The van der Waals surface area contributed by atoms with Gasteiger partial charge in [0.05, 0.1) is 6.54 Å². The highest BCUT2D eigenvalue weighted by molar-refractivity contribution is 7.08. The lowest BCUT2D eigenvalue weighted by molar-refractivity contribution is -0.131. The maximum absolute atomic E-state index is 12.2. The molecule has 0 saturated heterocycles. The molecule has 0 aliphatic rings. The van der Waals surface area contributed by atoms with Crippen LogP contribution in [0, 0.1) is 11.3 Å². The minimum absolute atomic E-state index is 0.00305. The van der Waals surface area contributed by atoms with Crippen LogP contribution in [0.4, 0.5) is 0 Å². The van der Waals surface area contributed by atoms with Crippen molar-refractivity contribution in [1.29, 1.82) is 0 Å². The Bertz CT molecular complexity index is 408. The van der Waals surface area contributed by atoms with Crippen LogP contribution in [-0.4, -0.2) is 17.6 Å². The maximum atomic E-state index is 12.2. The second kappa shape index (κ2) is 6.06. The number of carbonyl (C=O) groups excluding carboxylic acids is 1. The number of carbonyl (C=O) groups is 1. The molecule has 1 unspecified atom stereocenters. The first-order valence-electron chi connectivity index (χ1n) is 6.68. The second-order valence-corrected chi connectivity index (χ2v) is 7.23. The van der Waals surface area contributed by atoms with Crippen LogP contribution < -0.4 is 5.32 Å². The number of hydrogen-bond acceptors (Lipinski definition) is 3. The van der Waals surface area contributed by atoms with Crippen LogP contribution >= 0.6 is 11.3 Å². The van der Waals surface area contributed by atoms with Gasteiger partial charge >= 0.3 is 0 Å². The molecule has 3 nitrogen and oxygen atoms in total. The topological polar surface area (TPSA) is 49.3 Å². The number of hydrogen-bond donors (Lipinski definition) is 2. The van der Waals surface area contributed by atoms with Crippen LogP contribution in [-0.2, 0) is 10.4 Å². The lowest BCUT2D eigenvalue weighted by atomic mass is 9.83. The fourth-order valence-electron chi connectivity index (χ4n) is 2.28. The van der Waals surface area contributed by atoms with Crippen molar-refractivity contribution in [3.8, 4) is 0 Å². The lowest BCUT2D eigenvalue weighted by Crippen LogP contribution is -2.44. The van der Waals surface area contributed by atoms with Gasteiger partial charge in [-0.1, -0.05) is 27.7 Å². The summed E-state index contributed by atoms with van der Waals surface area (Å²) >= 11 is 1.54. The van der Waals surface area contributed by atoms with Crippen LogP contribution in [0.15, 0.2) is 16.8 Å². The zero-order valence-electron chi connectivity index (χ0n) is 12.5. The van der Waals surface area contributed by atoms with Gasteiger partial charge in [0.25, 0.3) is 0 Å². The minimum atomic E-state index is -1.01. The minimum Gasteiger partial charge on any atom is -0.384 e. The predicted molar refractivity (Wildman–Crippen MR) is 80.1 cm³/mol. The summed E-state index contributed by atoms with van der Waals surface area (Å²) in [5, 5.41) is 17.1. The van der Waals surface area contributed by atoms with Crippen molar-refractivity contribution < 1.29 is 9.90 Å². The predicted octanol–water partition coefficient (Wildman–Crippen LogP) is 3.14. The summed E-state index contributed by atoms with van der Waals surface area (Å²) in [6.45, 7) is 10.1. The van der Waals surface area contributed by atoms with E-state index in [9.17, 15) is 9.90 Å². The van der Waals surface area contributed by atoms with Gasteiger partial charge in [-0.15, -0.1) is 0 Å². The van der Waals surface area contributed by atoms with Crippen molar-refractivity contribution in [3.63, 3.8) is 0 Å². The zero-order chi connectivity index (χ0) is 14.7. The van der Waals surface area contributed by atoms with E-state index in [1.807, 2.05) is 30.7 Å². The molecule has 1 heterocycles. The molecule has 0 aromatic carbocycles. The molecule has 0 bridgehead atoms. The van der Waals surface area contributed by atoms with Gasteiger partial charge in [-0.05, 0) is 41.7 Å². The molecule has 1 aromatic heterocycles. The highest BCUT2D eigenvalue weighted by Crippen LogP contribution is 2.26. The van der Waals surface area contributed by atoms with Crippen LogP contribution in [0.3, 0.4) is 0 Å². The zero-order valence-corrected chi connectivity index (χ0v) is 13.3. The summed E-state index contributed by atoms with van der Waals surface area (Å²) < 4.78 is 0. The van der Waals surface area contributed by atoms with E-state index in [-0.39, 0.29) is 12.5 Å². The molecule has 19 heavy (non-hydrogen) atoms. The first kappa shape index (κ1) is 16.2. The summed E-state index contributed by atoms with van der Waals surface area (Å²) in [4.78, 5) is 12.2. The van der Waals surface area contributed by atoms with E-state index in [4.69, 9.17) is 0 Å². The Morgan fingerprint density at radius 3 is 2.53 bits per heavy atom. The van der Waals surface area contributed by atoms with Gasteiger partial charge in [0, 0.05) is 5.41 Å². The SMILES string of the molecule is CC(C)CC(C)(C)C(=O)NCC(C)(O)c1ccsc1. The van der Waals surface area contributed by atoms with Crippen molar-refractivity contribution >= 4 is 17.2 Å². The van der Waals surface area contributed by atoms with Crippen LogP contribution in [0.25, 0.3) is 0 Å². The van der Waals surface area contributed by atoms with Gasteiger partial charge in [-0.2, -0.15) is 11.3 Å². The average Bonchev–Trinajstić information content (AvgIpc) is 2.78. The van der Waals surface area contributed by atoms with E-state index >= 15 is 0 Å². The summed E-state index contributed by atoms with van der Waals surface area (Å²) in [5.41, 5.74) is -0.567. The molecule has 4 heteroatoms. The molecule has 0 aliphatic heterocycles. The third-order valence-electron chi connectivity index (χ3n) is 3.27. The van der Waals surface area contributed by atoms with Gasteiger partial charge in [0.15, 0.2) is 0 Å². The first-order chi connectivity index (χ1) is 8.65. The quantitative estimate of drug-likeness (QED) is 0.842. The van der Waals surface area contributed by atoms with Crippen LogP contribution in [0.5, 0.6) is 0 Å². The van der Waals surface area contributed by atoms with Gasteiger partial charge in [0.2, 0.25) is 5.91 Å². The van der Waals surface area contributed by atoms with E-state index in [1.54, 1.807) is 18.3 Å². The van der Waals surface area contributed by atoms with E-state index in [1.165, 1.54) is 0 Å². The summed E-state index contributed by atoms with van der Waals surface area (Å²) in [7, 11) is 0. The number of nitrogens with one attached hydrogen (secondary N) is 1. The third kappa shape index (κ3) is 4.62. The number of rotatable bonds is 6. The molecule has 0 radical (unpaired) electrons. The van der Waals surface area contributed by atoms with Crippen molar-refractivity contribution in [2.24, 2.45) is 11.3 Å². The van der Waals surface area contributed by atoms with E-state index < -0.39 is 11.0 Å².